The summed E-state index contributed by atoms with van der Waals surface area (Å²) in [6.07, 6.45) is -0.767. The van der Waals surface area contributed by atoms with E-state index >= 15 is 0 Å². The second-order valence-electron chi connectivity index (χ2n) is 9.54. The Labute approximate surface area is 247 Å². The molecular formula is C28H31ClF5N3O4S. The number of carbonyl (C=O) groups is 1. The van der Waals surface area contributed by atoms with Crippen molar-refractivity contribution in [3.8, 4) is 0 Å². The molecule has 0 aromatic heterocycles. The van der Waals surface area contributed by atoms with Crippen LogP contribution in [-0.2, 0) is 29.4 Å². The normalized spacial score (nSPS) is 13.2. The minimum absolute atomic E-state index is 0. The summed E-state index contributed by atoms with van der Waals surface area (Å²) >= 11 is 0. The van der Waals surface area contributed by atoms with Crippen LogP contribution in [-0.4, -0.2) is 55.6 Å². The van der Waals surface area contributed by atoms with Crippen molar-refractivity contribution in [2.45, 2.75) is 44.0 Å². The van der Waals surface area contributed by atoms with E-state index in [2.05, 4.69) is 0 Å². The fraction of sp³-hybridized carbons (Fsp3) is 0.321. The smallest absolute Gasteiger partial charge is 0.390 e. The molecule has 0 spiro atoms. The van der Waals surface area contributed by atoms with Gasteiger partial charge < -0.3 is 15.7 Å². The highest BCUT2D eigenvalue weighted by Gasteiger charge is 2.49. The predicted molar refractivity (Wildman–Crippen MR) is 152 cm³/mol. The fourth-order valence-electron chi connectivity index (χ4n) is 4.20. The predicted octanol–water partition coefficient (Wildman–Crippen LogP) is 4.81. The number of aliphatic hydroxyl groups excluding tert-OH is 1. The van der Waals surface area contributed by atoms with Crippen LogP contribution in [0.3, 0.4) is 0 Å². The zero-order chi connectivity index (χ0) is 30.5. The number of nitrogens with zero attached hydrogens (tertiary/aromatic N) is 2. The van der Waals surface area contributed by atoms with Crippen LogP contribution in [0.25, 0.3) is 0 Å². The van der Waals surface area contributed by atoms with Crippen molar-refractivity contribution in [1.82, 2.24) is 4.90 Å². The van der Waals surface area contributed by atoms with E-state index in [0.717, 1.165) is 36.9 Å². The van der Waals surface area contributed by atoms with Crippen molar-refractivity contribution >= 4 is 34.0 Å². The van der Waals surface area contributed by atoms with Gasteiger partial charge in [0.15, 0.2) is 0 Å². The number of nitrogens with two attached hydrogens (primary N) is 1. The Morgan fingerprint density at radius 1 is 0.952 bits per heavy atom. The lowest BCUT2D eigenvalue weighted by atomic mass is 10.0. The number of rotatable bonds is 11. The van der Waals surface area contributed by atoms with E-state index in [-0.39, 0.29) is 47.3 Å². The fourth-order valence-corrected chi connectivity index (χ4v) is 4.90. The highest BCUT2D eigenvalue weighted by molar-refractivity contribution is 7.93. The Morgan fingerprint density at radius 2 is 1.55 bits per heavy atom. The highest BCUT2D eigenvalue weighted by Crippen LogP contribution is 2.30. The van der Waals surface area contributed by atoms with Crippen LogP contribution < -0.4 is 10.0 Å². The third kappa shape index (κ3) is 8.63. The first-order valence-corrected chi connectivity index (χ1v) is 14.0. The number of alkyl halides is 3. The molecule has 230 valence electrons. The van der Waals surface area contributed by atoms with Crippen molar-refractivity contribution in [2.75, 3.05) is 17.9 Å². The van der Waals surface area contributed by atoms with E-state index in [9.17, 15) is 40.3 Å². The van der Waals surface area contributed by atoms with E-state index in [0.29, 0.717) is 18.1 Å². The number of halogens is 6. The Bertz CT molecular complexity index is 1470. The summed E-state index contributed by atoms with van der Waals surface area (Å²) in [5, 5.41) is 10.9. The SMILES string of the molecule is CCc1cccc(CN(C[C@@H](O)[C@@H](N)Cc2cc(F)cc(F)c2)C(=O)c2cccc(N(C)S(=O)(=O)C(F)(F)F)c2)c1.Cl. The molecule has 7 nitrogen and oxygen atoms in total. The van der Waals surface area contributed by atoms with Gasteiger partial charge in [0.2, 0.25) is 0 Å². The summed E-state index contributed by atoms with van der Waals surface area (Å²) < 4.78 is 90.3. The number of hydrogen-bond acceptors (Lipinski definition) is 5. The lowest BCUT2D eigenvalue weighted by Gasteiger charge is -2.29. The molecule has 0 aliphatic carbocycles. The first-order chi connectivity index (χ1) is 19.1. The van der Waals surface area contributed by atoms with Crippen LogP contribution in [0.15, 0.2) is 66.7 Å². The molecule has 0 unspecified atom stereocenters. The van der Waals surface area contributed by atoms with Crippen molar-refractivity contribution in [1.29, 1.82) is 0 Å². The molecule has 0 fully saturated rings. The van der Waals surface area contributed by atoms with Crippen LogP contribution in [0.5, 0.6) is 0 Å². The number of sulfonamides is 1. The first-order valence-electron chi connectivity index (χ1n) is 12.5. The molecular weight excluding hydrogens is 605 g/mol. The molecule has 0 saturated carbocycles. The average Bonchev–Trinajstić information content (AvgIpc) is 2.90. The minimum Gasteiger partial charge on any atom is -0.390 e. The first kappa shape index (κ1) is 34.9. The van der Waals surface area contributed by atoms with E-state index in [1.807, 2.05) is 19.1 Å². The molecule has 3 aromatic rings. The largest absolute Gasteiger partial charge is 0.516 e. The molecule has 3 N–H and O–H groups in total. The molecule has 2 atom stereocenters. The lowest BCUT2D eigenvalue weighted by Crippen LogP contribution is -2.46. The number of amides is 1. The average molecular weight is 636 g/mol. The van der Waals surface area contributed by atoms with Gasteiger partial charge in [-0.25, -0.2) is 8.78 Å². The van der Waals surface area contributed by atoms with Crippen LogP contribution in [0.2, 0.25) is 0 Å². The molecule has 0 radical (unpaired) electrons. The van der Waals surface area contributed by atoms with Crippen molar-refractivity contribution in [2.24, 2.45) is 5.73 Å². The van der Waals surface area contributed by atoms with Crippen molar-refractivity contribution in [3.05, 3.63) is 101 Å². The van der Waals surface area contributed by atoms with E-state index in [4.69, 9.17) is 5.73 Å². The molecule has 42 heavy (non-hydrogen) atoms. The zero-order valence-corrected chi connectivity index (χ0v) is 24.3. The van der Waals surface area contributed by atoms with Gasteiger partial charge in [0.25, 0.3) is 5.91 Å². The summed E-state index contributed by atoms with van der Waals surface area (Å²) in [6, 6.07) is 13.7. The van der Waals surface area contributed by atoms with Gasteiger partial charge in [0.1, 0.15) is 11.6 Å². The third-order valence-corrected chi connectivity index (χ3v) is 7.98. The summed E-state index contributed by atoms with van der Waals surface area (Å²) in [6.45, 7) is 1.58. The Kier molecular flexibility index (Phi) is 11.9. The van der Waals surface area contributed by atoms with Gasteiger partial charge in [-0.15, -0.1) is 12.4 Å². The van der Waals surface area contributed by atoms with Gasteiger partial charge in [-0.1, -0.05) is 37.3 Å². The molecule has 0 aliphatic rings. The quantitative estimate of drug-likeness (QED) is 0.295. The molecule has 3 aromatic carbocycles. The lowest BCUT2D eigenvalue weighted by molar-refractivity contribution is -0.0437. The number of aryl methyl sites for hydroxylation is 1. The van der Waals surface area contributed by atoms with Gasteiger partial charge >= 0.3 is 15.5 Å². The standard InChI is InChI=1S/C28H30F5N3O4S.ClH/c1-3-18-6-4-7-19(10-18)16-36(17-26(37)25(34)13-20-11-22(29)15-23(30)12-20)27(38)21-8-5-9-24(14-21)35(2)41(39,40)28(31,32)33;/h4-12,14-15,25-26,37H,3,13,16-17,34H2,1-2H3;1H/t25-,26+;/m0./s1. The number of carbonyl (C=O) groups excluding carboxylic acids is 1. The molecule has 0 bridgehead atoms. The molecule has 1 amide bonds. The molecule has 3 rings (SSSR count). The van der Waals surface area contributed by atoms with Gasteiger partial charge in [-0.3, -0.25) is 9.10 Å². The number of anilines is 1. The second-order valence-corrected chi connectivity index (χ2v) is 11.5. The maximum Gasteiger partial charge on any atom is 0.516 e. The second kappa shape index (κ2) is 14.3. The van der Waals surface area contributed by atoms with Gasteiger partial charge in [0.05, 0.1) is 11.8 Å². The molecule has 14 heteroatoms. The van der Waals surface area contributed by atoms with Crippen molar-refractivity contribution < 1.29 is 40.3 Å². The van der Waals surface area contributed by atoms with Gasteiger partial charge in [-0.05, 0) is 59.9 Å². The molecule has 0 aliphatic heterocycles. The van der Waals surface area contributed by atoms with E-state index in [1.165, 1.54) is 17.0 Å². The van der Waals surface area contributed by atoms with Gasteiger partial charge in [-0.2, -0.15) is 21.6 Å². The van der Waals surface area contributed by atoms with E-state index in [1.54, 1.807) is 12.1 Å². The maximum atomic E-state index is 13.6. The third-order valence-electron chi connectivity index (χ3n) is 6.47. The van der Waals surface area contributed by atoms with Crippen molar-refractivity contribution in [3.63, 3.8) is 0 Å². The van der Waals surface area contributed by atoms with Crippen LogP contribution in [0.4, 0.5) is 27.6 Å². The molecule has 0 heterocycles. The number of benzene rings is 3. The van der Waals surface area contributed by atoms with Crippen LogP contribution >= 0.6 is 12.4 Å². The minimum atomic E-state index is -5.72. The summed E-state index contributed by atoms with van der Waals surface area (Å²) in [7, 11) is -5.00. The maximum absolute atomic E-state index is 13.6. The number of aliphatic hydroxyl groups is 1. The highest BCUT2D eigenvalue weighted by atomic mass is 35.5. The number of hydrogen-bond donors (Lipinski definition) is 2. The van der Waals surface area contributed by atoms with E-state index < -0.39 is 50.9 Å². The summed E-state index contributed by atoms with van der Waals surface area (Å²) in [5.74, 6) is -2.34. The monoisotopic (exact) mass is 635 g/mol. The summed E-state index contributed by atoms with van der Waals surface area (Å²) in [5.41, 5.74) is 1.90. The zero-order valence-electron chi connectivity index (χ0n) is 22.7. The Balaban J connectivity index is 0.00000616. The molecule has 0 saturated heterocycles. The summed E-state index contributed by atoms with van der Waals surface area (Å²) in [4.78, 5) is 14.8. The van der Waals surface area contributed by atoms with Crippen LogP contribution in [0.1, 0.15) is 34.0 Å². The van der Waals surface area contributed by atoms with Crippen LogP contribution in [0, 0.1) is 11.6 Å². The Morgan fingerprint density at radius 3 is 2.14 bits per heavy atom. The Hall–Kier alpha value is -3.26. The topological polar surface area (TPSA) is 104 Å². The van der Waals surface area contributed by atoms with Gasteiger partial charge in [0, 0.05) is 37.8 Å².